The van der Waals surface area contributed by atoms with Gasteiger partial charge < -0.3 is 20.5 Å². The SMILES string of the molecule is Cc1cc(F)ccc1NC(=O)C(CC(=O)O)NC(=O)OCC1c2ccccc2-c2ccccc21. The fourth-order valence-corrected chi connectivity index (χ4v) is 4.15. The molecule has 1 unspecified atom stereocenters. The summed E-state index contributed by atoms with van der Waals surface area (Å²) in [6.45, 7) is 1.63. The molecule has 2 amide bonds. The standard InChI is InChI=1S/C26H23FN2O5/c1-15-12-16(27)10-11-22(15)28-25(32)23(13-24(30)31)29-26(33)34-14-21-19-8-4-2-6-17(19)18-7-3-5-9-20(18)21/h2-12,21,23H,13-14H2,1H3,(H,28,32)(H,29,33)(H,30,31). The van der Waals surface area contributed by atoms with E-state index in [0.29, 0.717) is 11.3 Å². The fourth-order valence-electron chi connectivity index (χ4n) is 4.15. The number of ether oxygens (including phenoxy) is 1. The summed E-state index contributed by atoms with van der Waals surface area (Å²) in [6, 6.07) is 18.1. The van der Waals surface area contributed by atoms with Gasteiger partial charge in [-0.2, -0.15) is 0 Å². The average molecular weight is 462 g/mol. The van der Waals surface area contributed by atoms with E-state index in [4.69, 9.17) is 4.74 Å². The molecule has 0 bridgehead atoms. The quantitative estimate of drug-likeness (QED) is 0.481. The highest BCUT2D eigenvalue weighted by molar-refractivity contribution is 5.99. The van der Waals surface area contributed by atoms with Crippen LogP contribution < -0.4 is 10.6 Å². The number of halogens is 1. The van der Waals surface area contributed by atoms with Crippen molar-refractivity contribution >= 4 is 23.7 Å². The molecule has 3 N–H and O–H groups in total. The largest absolute Gasteiger partial charge is 0.481 e. The van der Waals surface area contributed by atoms with Crippen molar-refractivity contribution in [3.63, 3.8) is 0 Å². The third-order valence-electron chi connectivity index (χ3n) is 5.78. The highest BCUT2D eigenvalue weighted by Gasteiger charge is 2.30. The molecule has 174 valence electrons. The van der Waals surface area contributed by atoms with Crippen LogP contribution >= 0.6 is 0 Å². The van der Waals surface area contributed by atoms with Crippen molar-refractivity contribution in [1.29, 1.82) is 0 Å². The summed E-state index contributed by atoms with van der Waals surface area (Å²) in [5.74, 6) is -2.65. The zero-order chi connectivity index (χ0) is 24.2. The van der Waals surface area contributed by atoms with Crippen LogP contribution in [0.2, 0.25) is 0 Å². The van der Waals surface area contributed by atoms with Gasteiger partial charge >= 0.3 is 12.1 Å². The predicted molar refractivity (Wildman–Crippen MR) is 124 cm³/mol. The summed E-state index contributed by atoms with van der Waals surface area (Å²) in [6.07, 6.45) is -1.55. The number of aliphatic carboxylic acids is 1. The number of anilines is 1. The monoisotopic (exact) mass is 462 g/mol. The van der Waals surface area contributed by atoms with Crippen molar-refractivity contribution in [2.45, 2.75) is 25.3 Å². The molecule has 3 aromatic carbocycles. The lowest BCUT2D eigenvalue weighted by atomic mass is 9.98. The summed E-state index contributed by atoms with van der Waals surface area (Å²) in [5, 5.41) is 14.1. The molecule has 0 fully saturated rings. The molecule has 7 nitrogen and oxygen atoms in total. The molecule has 8 heteroatoms. The van der Waals surface area contributed by atoms with E-state index in [9.17, 15) is 23.9 Å². The van der Waals surface area contributed by atoms with Gasteiger partial charge in [0.1, 0.15) is 18.5 Å². The zero-order valence-corrected chi connectivity index (χ0v) is 18.4. The number of aryl methyl sites for hydroxylation is 1. The van der Waals surface area contributed by atoms with Gasteiger partial charge in [0.15, 0.2) is 0 Å². The first kappa shape index (κ1) is 23.0. The Balaban J connectivity index is 1.43. The van der Waals surface area contributed by atoms with E-state index in [1.165, 1.54) is 18.2 Å². The number of fused-ring (bicyclic) bond motifs is 3. The van der Waals surface area contributed by atoms with Gasteiger partial charge in [0.05, 0.1) is 6.42 Å². The fraction of sp³-hybridized carbons (Fsp3) is 0.192. The first-order chi connectivity index (χ1) is 16.3. The molecule has 0 radical (unpaired) electrons. The third kappa shape index (κ3) is 4.91. The van der Waals surface area contributed by atoms with E-state index in [-0.39, 0.29) is 12.5 Å². The van der Waals surface area contributed by atoms with Crippen LogP contribution in [0.4, 0.5) is 14.9 Å². The molecule has 1 aliphatic carbocycles. The maximum absolute atomic E-state index is 13.3. The van der Waals surface area contributed by atoms with Gasteiger partial charge in [0.25, 0.3) is 0 Å². The van der Waals surface area contributed by atoms with Crippen LogP contribution in [0.3, 0.4) is 0 Å². The average Bonchev–Trinajstić information content (AvgIpc) is 3.12. The summed E-state index contributed by atoms with van der Waals surface area (Å²) in [5.41, 5.74) is 4.99. The van der Waals surface area contributed by atoms with Crippen LogP contribution in [0.1, 0.15) is 29.0 Å². The molecule has 34 heavy (non-hydrogen) atoms. The van der Waals surface area contributed by atoms with Crippen LogP contribution in [0.5, 0.6) is 0 Å². The van der Waals surface area contributed by atoms with Crippen molar-refractivity contribution in [1.82, 2.24) is 5.32 Å². The number of carbonyl (C=O) groups is 3. The number of nitrogens with one attached hydrogen (secondary N) is 2. The van der Waals surface area contributed by atoms with Crippen molar-refractivity contribution in [2.24, 2.45) is 0 Å². The van der Waals surface area contributed by atoms with Gasteiger partial charge in [-0.1, -0.05) is 48.5 Å². The highest BCUT2D eigenvalue weighted by Crippen LogP contribution is 2.44. The lowest BCUT2D eigenvalue weighted by molar-refractivity contribution is -0.139. The molecule has 0 spiro atoms. The van der Waals surface area contributed by atoms with E-state index < -0.39 is 36.2 Å². The van der Waals surface area contributed by atoms with Crippen molar-refractivity contribution in [2.75, 3.05) is 11.9 Å². The summed E-state index contributed by atoms with van der Waals surface area (Å²) in [7, 11) is 0. The highest BCUT2D eigenvalue weighted by atomic mass is 19.1. The zero-order valence-electron chi connectivity index (χ0n) is 18.4. The molecule has 0 aromatic heterocycles. The molecule has 1 atom stereocenters. The minimum atomic E-state index is -1.38. The minimum absolute atomic E-state index is 0.0261. The molecule has 0 aliphatic heterocycles. The van der Waals surface area contributed by atoms with Gasteiger partial charge in [0, 0.05) is 11.6 Å². The second-order valence-corrected chi connectivity index (χ2v) is 8.07. The summed E-state index contributed by atoms with van der Waals surface area (Å²) in [4.78, 5) is 36.5. The Morgan fingerprint density at radius 2 is 1.62 bits per heavy atom. The number of hydrogen-bond acceptors (Lipinski definition) is 4. The Morgan fingerprint density at radius 1 is 1.00 bits per heavy atom. The van der Waals surface area contributed by atoms with Gasteiger partial charge in [-0.15, -0.1) is 0 Å². The lowest BCUT2D eigenvalue weighted by Crippen LogP contribution is -2.45. The molecule has 0 heterocycles. The maximum Gasteiger partial charge on any atom is 0.407 e. The molecule has 3 aromatic rings. The first-order valence-corrected chi connectivity index (χ1v) is 10.7. The number of carbonyl (C=O) groups excluding carboxylic acids is 2. The Hall–Kier alpha value is -4.20. The third-order valence-corrected chi connectivity index (χ3v) is 5.78. The topological polar surface area (TPSA) is 105 Å². The maximum atomic E-state index is 13.3. The van der Waals surface area contributed by atoms with Gasteiger partial charge in [-0.25, -0.2) is 9.18 Å². The summed E-state index contributed by atoms with van der Waals surface area (Å²) >= 11 is 0. The van der Waals surface area contributed by atoms with Crippen LogP contribution in [0.15, 0.2) is 66.7 Å². The van der Waals surface area contributed by atoms with Gasteiger partial charge in [0.2, 0.25) is 5.91 Å². The van der Waals surface area contributed by atoms with E-state index in [1.807, 2.05) is 48.5 Å². The van der Waals surface area contributed by atoms with Crippen LogP contribution in [0, 0.1) is 12.7 Å². The molecule has 0 saturated heterocycles. The van der Waals surface area contributed by atoms with Crippen LogP contribution in [-0.4, -0.2) is 35.7 Å². The number of alkyl carbamates (subject to hydrolysis) is 1. The number of hydrogen-bond donors (Lipinski definition) is 3. The molecule has 0 saturated carbocycles. The Morgan fingerprint density at radius 3 is 2.21 bits per heavy atom. The second-order valence-electron chi connectivity index (χ2n) is 8.07. The van der Waals surface area contributed by atoms with Crippen molar-refractivity contribution in [3.05, 3.63) is 89.2 Å². The molecular weight excluding hydrogens is 439 g/mol. The summed E-state index contributed by atoms with van der Waals surface area (Å²) < 4.78 is 18.7. The molecule has 4 rings (SSSR count). The number of amides is 2. The van der Waals surface area contributed by atoms with Gasteiger partial charge in [-0.05, 0) is 52.9 Å². The van der Waals surface area contributed by atoms with E-state index in [2.05, 4.69) is 10.6 Å². The van der Waals surface area contributed by atoms with Crippen LogP contribution in [0.25, 0.3) is 11.1 Å². The second kappa shape index (κ2) is 9.74. The predicted octanol–water partition coefficient (Wildman–Crippen LogP) is 4.45. The van der Waals surface area contributed by atoms with Crippen molar-refractivity contribution in [3.8, 4) is 11.1 Å². The van der Waals surface area contributed by atoms with Crippen molar-refractivity contribution < 1.29 is 28.6 Å². The Bertz CT molecular complexity index is 1210. The number of benzene rings is 3. The first-order valence-electron chi connectivity index (χ1n) is 10.7. The lowest BCUT2D eigenvalue weighted by Gasteiger charge is -2.19. The normalized spacial score (nSPS) is 12.9. The Labute approximate surface area is 195 Å². The van der Waals surface area contributed by atoms with E-state index in [0.717, 1.165) is 22.3 Å². The van der Waals surface area contributed by atoms with Crippen LogP contribution in [-0.2, 0) is 14.3 Å². The Kier molecular flexibility index (Phi) is 6.58. The van der Waals surface area contributed by atoms with E-state index >= 15 is 0 Å². The molecular formula is C26H23FN2O5. The number of rotatable bonds is 7. The smallest absolute Gasteiger partial charge is 0.407 e. The minimum Gasteiger partial charge on any atom is -0.481 e. The van der Waals surface area contributed by atoms with Gasteiger partial charge in [-0.3, -0.25) is 9.59 Å². The molecule has 1 aliphatic rings. The number of carboxylic acids is 1. The van der Waals surface area contributed by atoms with E-state index in [1.54, 1.807) is 6.92 Å². The number of carboxylic acid groups (broad SMARTS) is 1.